The van der Waals surface area contributed by atoms with Crippen LogP contribution < -0.4 is 10.6 Å². The first-order valence-corrected chi connectivity index (χ1v) is 7.21. The molecule has 1 atom stereocenters. The van der Waals surface area contributed by atoms with Gasteiger partial charge in [-0.3, -0.25) is 4.79 Å². The van der Waals surface area contributed by atoms with Gasteiger partial charge in [0.05, 0.1) is 0 Å². The molecule has 6 heteroatoms. The van der Waals surface area contributed by atoms with Crippen LogP contribution >= 0.6 is 0 Å². The molecule has 2 N–H and O–H groups in total. The molecule has 1 aliphatic rings. The van der Waals surface area contributed by atoms with E-state index in [0.29, 0.717) is 31.5 Å². The number of carbonyl (C=O) groups is 2. The third-order valence-electron chi connectivity index (χ3n) is 4.19. The van der Waals surface area contributed by atoms with Gasteiger partial charge in [0.2, 0.25) is 0 Å². The molecule has 1 aliphatic heterocycles. The fraction of sp³-hybridized carbons (Fsp3) is 0.438. The number of anilines is 1. The van der Waals surface area contributed by atoms with Crippen molar-refractivity contribution < 1.29 is 9.59 Å². The zero-order chi connectivity index (χ0) is 16.2. The Morgan fingerprint density at radius 3 is 2.82 bits per heavy atom. The third-order valence-corrected chi connectivity index (χ3v) is 4.19. The minimum absolute atomic E-state index is 0.148. The monoisotopic (exact) mass is 300 g/mol. The molecular weight excluding hydrogens is 280 g/mol. The molecular formula is C16H20N4O2. The molecule has 1 aromatic rings. The number of hydrogen-bond donors (Lipinski definition) is 2. The van der Waals surface area contributed by atoms with Crippen LogP contribution in [0.4, 0.5) is 5.69 Å². The minimum Gasteiger partial charge on any atom is -0.388 e. The Hall–Kier alpha value is -2.55. The number of aldehydes is 1. The van der Waals surface area contributed by atoms with Crippen molar-refractivity contribution in [2.75, 3.05) is 32.5 Å². The summed E-state index contributed by atoms with van der Waals surface area (Å²) < 4.78 is 0. The number of carbonyl (C=O) groups excluding carboxylic acids is 2. The fourth-order valence-electron chi connectivity index (χ4n) is 2.89. The highest BCUT2D eigenvalue weighted by Gasteiger charge is 2.38. The van der Waals surface area contributed by atoms with Gasteiger partial charge in [-0.1, -0.05) is 6.07 Å². The summed E-state index contributed by atoms with van der Waals surface area (Å²) in [4.78, 5) is 24.9. The molecule has 2 rings (SSSR count). The highest BCUT2D eigenvalue weighted by Crippen LogP contribution is 2.34. The summed E-state index contributed by atoms with van der Waals surface area (Å²) in [5, 5.41) is 14.7. The number of benzene rings is 1. The fourth-order valence-corrected chi connectivity index (χ4v) is 2.89. The van der Waals surface area contributed by atoms with E-state index in [4.69, 9.17) is 5.26 Å². The van der Waals surface area contributed by atoms with Crippen LogP contribution in [0.1, 0.15) is 22.3 Å². The van der Waals surface area contributed by atoms with Crippen molar-refractivity contribution in [1.82, 2.24) is 10.2 Å². The zero-order valence-corrected chi connectivity index (χ0v) is 12.8. The summed E-state index contributed by atoms with van der Waals surface area (Å²) >= 11 is 0. The number of nitriles is 1. The predicted octanol–water partition coefficient (Wildman–Crippen LogP) is 1.00. The van der Waals surface area contributed by atoms with Crippen molar-refractivity contribution in [3.05, 3.63) is 29.3 Å². The van der Waals surface area contributed by atoms with Crippen molar-refractivity contribution in [3.8, 4) is 6.19 Å². The molecule has 1 fully saturated rings. The average Bonchev–Trinajstić information content (AvgIpc) is 2.98. The maximum absolute atomic E-state index is 11.7. The van der Waals surface area contributed by atoms with Crippen LogP contribution in [0.2, 0.25) is 0 Å². The second-order valence-electron chi connectivity index (χ2n) is 5.63. The first-order chi connectivity index (χ1) is 10.6. The first-order valence-electron chi connectivity index (χ1n) is 7.21. The molecule has 1 heterocycles. The van der Waals surface area contributed by atoms with Crippen molar-refractivity contribution in [2.24, 2.45) is 5.41 Å². The summed E-state index contributed by atoms with van der Waals surface area (Å²) in [6.45, 7) is 1.06. The minimum atomic E-state index is -0.532. The molecule has 0 aromatic heterocycles. The third kappa shape index (κ3) is 3.03. The molecule has 1 amide bonds. The number of nitrogens with one attached hydrogen (secondary N) is 2. The number of likely N-dealkylation sites (tertiary alicyclic amines) is 1. The van der Waals surface area contributed by atoms with Gasteiger partial charge >= 0.3 is 0 Å². The molecule has 0 spiro atoms. The van der Waals surface area contributed by atoms with Gasteiger partial charge in [0.1, 0.15) is 6.29 Å². The van der Waals surface area contributed by atoms with E-state index >= 15 is 0 Å². The predicted molar refractivity (Wildman–Crippen MR) is 83.4 cm³/mol. The van der Waals surface area contributed by atoms with Crippen LogP contribution in [0.15, 0.2) is 18.2 Å². The van der Waals surface area contributed by atoms with Gasteiger partial charge in [-0.15, -0.1) is 0 Å². The quantitative estimate of drug-likeness (QED) is 0.626. The maximum Gasteiger partial charge on any atom is 0.251 e. The van der Waals surface area contributed by atoms with Crippen LogP contribution in [-0.4, -0.2) is 44.3 Å². The smallest absolute Gasteiger partial charge is 0.251 e. The van der Waals surface area contributed by atoms with E-state index < -0.39 is 5.41 Å². The van der Waals surface area contributed by atoms with Crippen molar-refractivity contribution in [1.29, 1.82) is 5.26 Å². The Morgan fingerprint density at radius 1 is 1.50 bits per heavy atom. The molecule has 1 aromatic carbocycles. The average molecular weight is 300 g/mol. The Kier molecular flexibility index (Phi) is 4.66. The zero-order valence-electron chi connectivity index (χ0n) is 12.8. The van der Waals surface area contributed by atoms with Crippen LogP contribution in [-0.2, 0) is 11.2 Å². The van der Waals surface area contributed by atoms with E-state index in [1.807, 2.05) is 6.07 Å². The molecule has 0 bridgehead atoms. The lowest BCUT2D eigenvalue weighted by atomic mass is 9.81. The highest BCUT2D eigenvalue weighted by atomic mass is 16.1. The normalized spacial score (nSPS) is 20.3. The van der Waals surface area contributed by atoms with Gasteiger partial charge in [-0.25, -0.2) is 0 Å². The number of hydrogen-bond acceptors (Lipinski definition) is 5. The standard InChI is InChI=1S/C16H20N4O2/c1-18-14-7-12(15(22)19-2)3-4-13(14)8-16(10-21)5-6-20(9-16)11-17/h3-4,7,10,18H,5-6,8-9H2,1-2H3,(H,19,22). The molecule has 22 heavy (non-hydrogen) atoms. The van der Waals surface area contributed by atoms with E-state index in [2.05, 4.69) is 16.8 Å². The van der Waals surface area contributed by atoms with Gasteiger partial charge < -0.3 is 20.3 Å². The molecule has 6 nitrogen and oxygen atoms in total. The van der Waals surface area contributed by atoms with E-state index in [1.165, 1.54) is 0 Å². The van der Waals surface area contributed by atoms with Crippen molar-refractivity contribution in [2.45, 2.75) is 12.8 Å². The first kappa shape index (κ1) is 15.8. The molecule has 1 saturated heterocycles. The van der Waals surface area contributed by atoms with Gasteiger partial charge in [0.25, 0.3) is 5.91 Å². The van der Waals surface area contributed by atoms with Crippen LogP contribution in [0, 0.1) is 16.9 Å². The molecule has 0 saturated carbocycles. The largest absolute Gasteiger partial charge is 0.388 e. The molecule has 0 aliphatic carbocycles. The molecule has 0 radical (unpaired) electrons. The van der Waals surface area contributed by atoms with Gasteiger partial charge in [0.15, 0.2) is 6.19 Å². The van der Waals surface area contributed by atoms with Gasteiger partial charge in [-0.05, 0) is 30.5 Å². The summed E-state index contributed by atoms with van der Waals surface area (Å²) in [5.41, 5.74) is 1.84. The summed E-state index contributed by atoms with van der Waals surface area (Å²) in [7, 11) is 3.38. The molecule has 1 unspecified atom stereocenters. The van der Waals surface area contributed by atoms with Crippen LogP contribution in [0.25, 0.3) is 0 Å². The lowest BCUT2D eigenvalue weighted by Crippen LogP contribution is -2.29. The van der Waals surface area contributed by atoms with E-state index in [1.54, 1.807) is 31.1 Å². The Balaban J connectivity index is 2.27. The topological polar surface area (TPSA) is 85.2 Å². The van der Waals surface area contributed by atoms with Gasteiger partial charge in [0, 0.05) is 43.9 Å². The Labute approximate surface area is 130 Å². The second-order valence-corrected chi connectivity index (χ2v) is 5.63. The number of rotatable bonds is 5. The van der Waals surface area contributed by atoms with Crippen molar-refractivity contribution >= 4 is 17.9 Å². The van der Waals surface area contributed by atoms with Crippen LogP contribution in [0.3, 0.4) is 0 Å². The lowest BCUT2D eigenvalue weighted by molar-refractivity contribution is -0.115. The Bertz CT molecular complexity index is 623. The second kappa shape index (κ2) is 6.48. The summed E-state index contributed by atoms with van der Waals surface area (Å²) in [5.74, 6) is -0.148. The molecule has 116 valence electrons. The lowest BCUT2D eigenvalue weighted by Gasteiger charge is -2.23. The Morgan fingerprint density at radius 2 is 2.27 bits per heavy atom. The summed E-state index contributed by atoms with van der Waals surface area (Å²) in [6, 6.07) is 5.41. The SMILES string of the molecule is CNC(=O)c1ccc(CC2(C=O)CCN(C#N)C2)c(NC)c1. The summed E-state index contributed by atoms with van der Waals surface area (Å²) in [6.07, 6.45) is 4.30. The van der Waals surface area contributed by atoms with E-state index in [9.17, 15) is 9.59 Å². The van der Waals surface area contributed by atoms with Crippen molar-refractivity contribution in [3.63, 3.8) is 0 Å². The maximum atomic E-state index is 11.7. The van der Waals surface area contributed by atoms with Crippen LogP contribution in [0.5, 0.6) is 0 Å². The highest BCUT2D eigenvalue weighted by molar-refractivity contribution is 5.95. The number of amides is 1. The van der Waals surface area contributed by atoms with E-state index in [-0.39, 0.29) is 5.91 Å². The van der Waals surface area contributed by atoms with E-state index in [0.717, 1.165) is 17.5 Å². The number of nitrogens with zero attached hydrogens (tertiary/aromatic N) is 2. The van der Waals surface area contributed by atoms with Gasteiger partial charge in [-0.2, -0.15) is 5.26 Å².